The van der Waals surface area contributed by atoms with Gasteiger partial charge in [-0.15, -0.1) is 0 Å². The SMILES string of the molecule is CCOc1ccc(NS(=O)(=O)c2ccc(C)c(C(=O)OCC(=O)C34CC5CC(CC(C5)C3)C4)c2)cc1. The number of ether oxygens (including phenoxy) is 2. The van der Waals surface area contributed by atoms with Crippen molar-refractivity contribution in [2.24, 2.45) is 23.2 Å². The van der Waals surface area contributed by atoms with Crippen molar-refractivity contribution < 1.29 is 27.5 Å². The number of esters is 1. The number of anilines is 1. The molecule has 2 aromatic carbocycles. The minimum absolute atomic E-state index is 0.0218. The van der Waals surface area contributed by atoms with Crippen LogP contribution in [0.3, 0.4) is 0 Å². The molecule has 4 saturated carbocycles. The number of Topliss-reactive ketones (excluding diaryl/α,β-unsaturated/α-hetero) is 1. The lowest BCUT2D eigenvalue weighted by Gasteiger charge is -2.55. The Morgan fingerprint density at radius 1 is 0.972 bits per heavy atom. The highest BCUT2D eigenvalue weighted by Crippen LogP contribution is 2.60. The Hall–Kier alpha value is -2.87. The monoisotopic (exact) mass is 511 g/mol. The molecule has 1 N–H and O–H groups in total. The van der Waals surface area contributed by atoms with Crippen molar-refractivity contribution in [1.29, 1.82) is 0 Å². The van der Waals surface area contributed by atoms with Crippen molar-refractivity contribution in [3.63, 3.8) is 0 Å². The number of rotatable bonds is 9. The van der Waals surface area contributed by atoms with Gasteiger partial charge in [0.05, 0.1) is 17.1 Å². The average Bonchev–Trinajstić information content (AvgIpc) is 2.83. The molecule has 4 aliphatic rings. The number of hydrogen-bond acceptors (Lipinski definition) is 6. The normalized spacial score (nSPS) is 26.4. The van der Waals surface area contributed by atoms with Gasteiger partial charge in [-0.25, -0.2) is 13.2 Å². The predicted molar refractivity (Wildman–Crippen MR) is 135 cm³/mol. The van der Waals surface area contributed by atoms with E-state index in [9.17, 15) is 18.0 Å². The molecule has 0 aromatic heterocycles. The fourth-order valence-corrected chi connectivity index (χ4v) is 7.89. The maximum Gasteiger partial charge on any atom is 0.338 e. The number of hydrogen-bond donors (Lipinski definition) is 1. The maximum atomic E-state index is 13.2. The van der Waals surface area contributed by atoms with Crippen molar-refractivity contribution in [2.75, 3.05) is 17.9 Å². The summed E-state index contributed by atoms with van der Waals surface area (Å²) < 4.78 is 39.3. The van der Waals surface area contributed by atoms with Crippen molar-refractivity contribution in [3.8, 4) is 5.75 Å². The second-order valence-electron chi connectivity index (χ2n) is 10.7. The van der Waals surface area contributed by atoms with Gasteiger partial charge in [0.15, 0.2) is 12.4 Å². The van der Waals surface area contributed by atoms with Crippen LogP contribution in [0.5, 0.6) is 5.75 Å². The standard InChI is InChI=1S/C28H33NO6S/c1-3-34-23-7-5-22(6-8-23)29-36(32,33)24-9-4-18(2)25(13-24)27(31)35-17-26(30)28-14-19-10-20(15-28)12-21(11-19)16-28/h4-9,13,19-21,29H,3,10-12,14-17H2,1-2H3. The van der Waals surface area contributed by atoms with E-state index >= 15 is 0 Å². The largest absolute Gasteiger partial charge is 0.494 e. The summed E-state index contributed by atoms with van der Waals surface area (Å²) in [6, 6.07) is 10.9. The molecular formula is C28H33NO6S. The predicted octanol–water partition coefficient (Wildman–Crippen LogP) is 5.14. The molecule has 192 valence electrons. The summed E-state index contributed by atoms with van der Waals surface area (Å²) in [7, 11) is -3.94. The molecule has 0 amide bonds. The van der Waals surface area contributed by atoms with Crippen LogP contribution in [0, 0.1) is 30.1 Å². The van der Waals surface area contributed by atoms with E-state index in [2.05, 4.69) is 4.72 Å². The fourth-order valence-electron chi connectivity index (χ4n) is 6.80. The molecule has 0 unspecified atom stereocenters. The first-order valence-electron chi connectivity index (χ1n) is 12.7. The topological polar surface area (TPSA) is 98.8 Å². The number of carbonyl (C=O) groups is 2. The van der Waals surface area contributed by atoms with Crippen LogP contribution in [0.2, 0.25) is 0 Å². The zero-order valence-corrected chi connectivity index (χ0v) is 21.6. The minimum Gasteiger partial charge on any atom is -0.494 e. The van der Waals surface area contributed by atoms with Gasteiger partial charge in [0.25, 0.3) is 10.0 Å². The van der Waals surface area contributed by atoms with E-state index in [0.717, 1.165) is 19.3 Å². The highest BCUT2D eigenvalue weighted by Gasteiger charge is 2.54. The number of carbonyl (C=O) groups excluding carboxylic acids is 2. The van der Waals surface area contributed by atoms with Gasteiger partial charge >= 0.3 is 5.97 Å². The molecule has 0 spiro atoms. The van der Waals surface area contributed by atoms with Crippen LogP contribution >= 0.6 is 0 Å². The van der Waals surface area contributed by atoms with Crippen LogP contribution in [-0.4, -0.2) is 33.4 Å². The quantitative estimate of drug-likeness (QED) is 0.468. The van der Waals surface area contributed by atoms with E-state index in [0.29, 0.717) is 41.4 Å². The third-order valence-corrected chi connectivity index (χ3v) is 9.50. The van der Waals surface area contributed by atoms with Gasteiger partial charge < -0.3 is 9.47 Å². The summed E-state index contributed by atoms with van der Waals surface area (Å²) in [6.07, 6.45) is 6.45. The van der Waals surface area contributed by atoms with E-state index in [1.165, 1.54) is 31.4 Å². The highest BCUT2D eigenvalue weighted by molar-refractivity contribution is 7.92. The summed E-state index contributed by atoms with van der Waals surface area (Å²) in [5.41, 5.74) is 0.770. The molecule has 7 nitrogen and oxygen atoms in total. The number of benzene rings is 2. The van der Waals surface area contributed by atoms with E-state index in [1.807, 2.05) is 6.92 Å². The van der Waals surface area contributed by atoms with Crippen molar-refractivity contribution >= 4 is 27.5 Å². The molecule has 0 atom stereocenters. The van der Waals surface area contributed by atoms with Gasteiger partial charge in [-0.1, -0.05) is 6.07 Å². The lowest BCUT2D eigenvalue weighted by atomic mass is 9.48. The summed E-state index contributed by atoms with van der Waals surface area (Å²) >= 11 is 0. The van der Waals surface area contributed by atoms with Crippen LogP contribution < -0.4 is 9.46 Å². The van der Waals surface area contributed by atoms with Crippen molar-refractivity contribution in [1.82, 2.24) is 0 Å². The first-order valence-corrected chi connectivity index (χ1v) is 14.2. The molecular weight excluding hydrogens is 478 g/mol. The van der Waals surface area contributed by atoms with Gasteiger partial charge in [0, 0.05) is 11.1 Å². The maximum absolute atomic E-state index is 13.2. The van der Waals surface area contributed by atoms with Crippen LogP contribution in [-0.2, 0) is 19.6 Å². The molecule has 36 heavy (non-hydrogen) atoms. The zero-order chi connectivity index (χ0) is 25.5. The Morgan fingerprint density at radius 2 is 1.58 bits per heavy atom. The lowest BCUT2D eigenvalue weighted by molar-refractivity contribution is -0.147. The second kappa shape index (κ2) is 9.54. The van der Waals surface area contributed by atoms with E-state index in [4.69, 9.17) is 9.47 Å². The van der Waals surface area contributed by atoms with E-state index < -0.39 is 16.0 Å². The third kappa shape index (κ3) is 4.88. The molecule has 6 rings (SSSR count). The number of sulfonamides is 1. The molecule has 0 saturated heterocycles. The van der Waals surface area contributed by atoms with Gasteiger partial charge in [0.1, 0.15) is 5.75 Å². The first-order chi connectivity index (χ1) is 17.2. The second-order valence-corrected chi connectivity index (χ2v) is 12.4. The van der Waals surface area contributed by atoms with E-state index in [-0.39, 0.29) is 28.3 Å². The average molecular weight is 512 g/mol. The Bertz CT molecular complexity index is 1230. The summed E-state index contributed by atoms with van der Waals surface area (Å²) in [5, 5.41) is 0. The molecule has 2 aromatic rings. The lowest BCUT2D eigenvalue weighted by Crippen LogP contribution is -2.51. The molecule has 0 heterocycles. The van der Waals surface area contributed by atoms with Gasteiger partial charge in [-0.2, -0.15) is 0 Å². The number of ketones is 1. The molecule has 4 fully saturated rings. The van der Waals surface area contributed by atoms with Crippen LogP contribution in [0.1, 0.15) is 61.4 Å². The van der Waals surface area contributed by atoms with Crippen LogP contribution in [0.15, 0.2) is 47.4 Å². The van der Waals surface area contributed by atoms with Crippen LogP contribution in [0.25, 0.3) is 0 Å². The summed E-state index contributed by atoms with van der Waals surface area (Å²) in [6.45, 7) is 3.84. The van der Waals surface area contributed by atoms with Gasteiger partial charge in [0.2, 0.25) is 0 Å². The van der Waals surface area contributed by atoms with Gasteiger partial charge in [-0.05, 0) is 112 Å². The Kier molecular flexibility index (Phi) is 6.57. The molecule has 4 aliphatic carbocycles. The molecule has 4 bridgehead atoms. The minimum atomic E-state index is -3.94. The van der Waals surface area contributed by atoms with E-state index in [1.54, 1.807) is 37.3 Å². The fraction of sp³-hybridized carbons (Fsp3) is 0.500. The molecule has 0 radical (unpaired) electrons. The van der Waals surface area contributed by atoms with Crippen molar-refractivity contribution in [3.05, 3.63) is 53.6 Å². The number of nitrogens with one attached hydrogen (secondary N) is 1. The summed E-state index contributed by atoms with van der Waals surface area (Å²) in [5.74, 6) is 1.87. The van der Waals surface area contributed by atoms with Crippen molar-refractivity contribution in [2.45, 2.75) is 57.3 Å². The Balaban J connectivity index is 1.26. The van der Waals surface area contributed by atoms with Gasteiger partial charge in [-0.3, -0.25) is 9.52 Å². The summed E-state index contributed by atoms with van der Waals surface area (Å²) in [4.78, 5) is 26.1. The first kappa shape index (κ1) is 24.8. The third-order valence-electron chi connectivity index (χ3n) is 8.12. The Labute approximate surface area is 212 Å². The smallest absolute Gasteiger partial charge is 0.338 e. The molecule has 8 heteroatoms. The van der Waals surface area contributed by atoms with Crippen LogP contribution in [0.4, 0.5) is 5.69 Å². The number of aryl methyl sites for hydroxylation is 1. The highest BCUT2D eigenvalue weighted by atomic mass is 32.2. The Morgan fingerprint density at radius 3 is 2.17 bits per heavy atom. The molecule has 0 aliphatic heterocycles. The zero-order valence-electron chi connectivity index (χ0n) is 20.8.